The van der Waals surface area contributed by atoms with Crippen molar-refractivity contribution in [3.63, 3.8) is 0 Å². The lowest BCUT2D eigenvalue weighted by molar-refractivity contribution is 0.973. The van der Waals surface area contributed by atoms with Crippen molar-refractivity contribution in [2.45, 2.75) is 44.9 Å². The number of benzene rings is 7. The average Bonchev–Trinajstić information content (AvgIpc) is 3.58. The Hall–Kier alpha value is -6.09. The fraction of sp³-hybridized carbons (Fsp3) is 0.111. The van der Waals surface area contributed by atoms with Crippen molar-refractivity contribution in [3.05, 3.63) is 211 Å². The van der Waals surface area contributed by atoms with Crippen LogP contribution in [0, 0.1) is 0 Å². The van der Waals surface area contributed by atoms with Crippen molar-refractivity contribution in [1.29, 1.82) is 0 Å². The summed E-state index contributed by atoms with van der Waals surface area (Å²) in [5.41, 5.74) is 15.8. The molecule has 0 aliphatic heterocycles. The molecular weight excluding hydrogens is 695 g/mol. The fourth-order valence-electron chi connectivity index (χ4n) is 7.41. The van der Waals surface area contributed by atoms with E-state index in [1.165, 1.54) is 72.0 Å². The Bertz CT molecular complexity index is 2570. The van der Waals surface area contributed by atoms with E-state index in [4.69, 9.17) is 12.6 Å². The van der Waals surface area contributed by atoms with Gasteiger partial charge in [0.1, 0.15) is 0 Å². The second kappa shape index (κ2) is 18.0. The summed E-state index contributed by atoms with van der Waals surface area (Å²) in [6.45, 7) is 10.3. The number of aromatic nitrogens is 1. The van der Waals surface area contributed by atoms with Crippen molar-refractivity contribution < 1.29 is 0 Å². The molecule has 0 amide bonds. The van der Waals surface area contributed by atoms with Gasteiger partial charge in [-0.25, -0.2) is 0 Å². The normalized spacial score (nSPS) is 11.7. The Labute approximate surface area is 338 Å². The molecule has 0 aliphatic rings. The van der Waals surface area contributed by atoms with Gasteiger partial charge in [0, 0.05) is 21.4 Å². The quantitative estimate of drug-likeness (QED) is 0.105. The number of fused-ring (bicyclic) bond motifs is 3. The maximum Gasteiger partial charge on any atom is 0.0541 e. The third kappa shape index (κ3) is 8.57. The van der Waals surface area contributed by atoms with E-state index >= 15 is 0 Å². The number of hydrogen-bond acceptors (Lipinski definition) is 1. The molecule has 56 heavy (non-hydrogen) atoms. The van der Waals surface area contributed by atoms with Gasteiger partial charge in [-0.3, -0.25) is 0 Å². The van der Waals surface area contributed by atoms with Crippen LogP contribution < -0.4 is 0 Å². The van der Waals surface area contributed by atoms with Gasteiger partial charge in [-0.05, 0) is 100 Å². The minimum atomic E-state index is 0.969. The Morgan fingerprint density at radius 2 is 1.11 bits per heavy atom. The minimum absolute atomic E-state index is 0.969. The number of rotatable bonds is 10. The molecule has 1 nitrogen and oxygen atoms in total. The Morgan fingerprint density at radius 1 is 0.571 bits per heavy atom. The summed E-state index contributed by atoms with van der Waals surface area (Å²) in [4.78, 5) is 0.995. The fourth-order valence-corrected chi connectivity index (χ4v) is 7.76. The summed E-state index contributed by atoms with van der Waals surface area (Å²) in [6.07, 6.45) is 7.78. The van der Waals surface area contributed by atoms with Gasteiger partial charge in [-0.1, -0.05) is 190 Å². The highest BCUT2D eigenvalue weighted by atomic mass is 32.1. The SMILES string of the molecule is C=C(C)c1ccccc1.CC/C=C(/C=C(\CCC)c1ccc(-c2ccc(-n3c4ccccc4c4ccccc43)cc2)cc1)c1ccc(-c2ccccc2)c(S)c1. The van der Waals surface area contributed by atoms with Crippen LogP contribution in [0.25, 0.3) is 66.5 Å². The van der Waals surface area contributed by atoms with E-state index in [0.717, 1.165) is 35.3 Å². The molecule has 0 saturated carbocycles. The molecule has 0 spiro atoms. The summed E-state index contributed by atoms with van der Waals surface area (Å²) in [7, 11) is 0. The first-order valence-corrected chi connectivity index (χ1v) is 20.1. The molecule has 8 aromatic rings. The van der Waals surface area contributed by atoms with Gasteiger partial charge in [0.05, 0.1) is 11.0 Å². The largest absolute Gasteiger partial charge is 0.309 e. The second-order valence-electron chi connectivity index (χ2n) is 14.2. The lowest BCUT2D eigenvalue weighted by Crippen LogP contribution is -1.93. The van der Waals surface area contributed by atoms with Crippen LogP contribution in [-0.4, -0.2) is 4.57 Å². The summed E-state index contributed by atoms with van der Waals surface area (Å²) in [5.74, 6) is 0. The van der Waals surface area contributed by atoms with Crippen LogP contribution in [0.5, 0.6) is 0 Å². The molecule has 0 unspecified atom stereocenters. The molecule has 7 aromatic carbocycles. The summed E-state index contributed by atoms with van der Waals surface area (Å²) >= 11 is 4.90. The Balaban J connectivity index is 0.000000471. The van der Waals surface area contributed by atoms with Crippen LogP contribution in [0.1, 0.15) is 56.7 Å². The molecule has 0 fully saturated rings. The molecule has 0 bridgehead atoms. The third-order valence-corrected chi connectivity index (χ3v) is 10.6. The number of para-hydroxylation sites is 2. The summed E-state index contributed by atoms with van der Waals surface area (Å²) in [6, 6.07) is 62.7. The molecule has 1 heterocycles. The Morgan fingerprint density at radius 3 is 1.64 bits per heavy atom. The highest BCUT2D eigenvalue weighted by molar-refractivity contribution is 7.80. The van der Waals surface area contributed by atoms with Crippen LogP contribution in [0.2, 0.25) is 0 Å². The molecule has 0 N–H and O–H groups in total. The zero-order valence-electron chi connectivity index (χ0n) is 32.6. The second-order valence-corrected chi connectivity index (χ2v) is 14.7. The molecule has 0 saturated heterocycles. The highest BCUT2D eigenvalue weighted by Gasteiger charge is 2.12. The van der Waals surface area contributed by atoms with Crippen molar-refractivity contribution >= 4 is 51.2 Å². The molecule has 0 radical (unpaired) electrons. The van der Waals surface area contributed by atoms with Gasteiger partial charge in [0.2, 0.25) is 0 Å². The zero-order valence-corrected chi connectivity index (χ0v) is 33.5. The van der Waals surface area contributed by atoms with E-state index < -0.39 is 0 Å². The Kier molecular flexibility index (Phi) is 12.3. The zero-order chi connectivity index (χ0) is 38.9. The number of nitrogens with zero attached hydrogens (tertiary/aromatic N) is 1. The van der Waals surface area contributed by atoms with Gasteiger partial charge >= 0.3 is 0 Å². The lowest BCUT2D eigenvalue weighted by atomic mass is 9.93. The van der Waals surface area contributed by atoms with Gasteiger partial charge < -0.3 is 4.57 Å². The van der Waals surface area contributed by atoms with Crippen molar-refractivity contribution in [2.75, 3.05) is 0 Å². The van der Waals surface area contributed by atoms with E-state index in [1.54, 1.807) is 0 Å². The van der Waals surface area contributed by atoms with E-state index in [0.29, 0.717) is 0 Å². The third-order valence-electron chi connectivity index (χ3n) is 10.3. The first kappa shape index (κ1) is 38.2. The number of hydrogen-bond donors (Lipinski definition) is 1. The van der Waals surface area contributed by atoms with Crippen molar-refractivity contribution in [3.8, 4) is 27.9 Å². The topological polar surface area (TPSA) is 4.93 Å². The van der Waals surface area contributed by atoms with E-state index in [1.807, 2.05) is 25.1 Å². The molecule has 8 rings (SSSR count). The van der Waals surface area contributed by atoms with Crippen LogP contribution >= 0.6 is 12.6 Å². The van der Waals surface area contributed by atoms with Crippen molar-refractivity contribution in [1.82, 2.24) is 4.57 Å². The minimum Gasteiger partial charge on any atom is -0.309 e. The van der Waals surface area contributed by atoms with Crippen molar-refractivity contribution in [2.24, 2.45) is 0 Å². The summed E-state index contributed by atoms with van der Waals surface area (Å²) < 4.78 is 2.37. The molecule has 0 aliphatic carbocycles. The van der Waals surface area contributed by atoms with Crippen LogP contribution in [0.15, 0.2) is 200 Å². The molecular formula is C54H49NS. The molecule has 2 heteroatoms. The smallest absolute Gasteiger partial charge is 0.0541 e. The van der Waals surface area contributed by atoms with E-state index in [9.17, 15) is 0 Å². The lowest BCUT2D eigenvalue weighted by Gasteiger charge is -2.13. The predicted octanol–water partition coefficient (Wildman–Crippen LogP) is 15.8. The van der Waals surface area contributed by atoms with Gasteiger partial charge in [0.25, 0.3) is 0 Å². The van der Waals surface area contributed by atoms with Gasteiger partial charge in [-0.2, -0.15) is 0 Å². The number of allylic oxidation sites excluding steroid dienone is 5. The first-order valence-electron chi connectivity index (χ1n) is 19.6. The molecule has 0 atom stereocenters. The van der Waals surface area contributed by atoms with Crippen LogP contribution in [0.4, 0.5) is 0 Å². The standard InChI is InChI=1S/C45H39NS.C9H10/c1-3-12-36(30-37(13-4-2)38-26-29-40(45(47)31-38)35-14-6-5-7-15-35)34-22-20-32(21-23-34)33-24-27-39(28-25-33)46-43-18-10-8-16-41(43)42-17-9-11-19-44(42)46;1-8(2)9-6-4-3-5-7-9/h5-11,13-31,47H,3-4,12H2,1-2H3;3-7H,1H2,2H3/b36-30+,37-13-;. The monoisotopic (exact) mass is 743 g/mol. The first-order chi connectivity index (χ1) is 27.4. The van der Waals surface area contributed by atoms with Crippen LogP contribution in [-0.2, 0) is 0 Å². The van der Waals surface area contributed by atoms with Gasteiger partial charge in [-0.15, -0.1) is 12.6 Å². The summed E-state index contributed by atoms with van der Waals surface area (Å²) in [5, 5.41) is 2.57. The number of thiol groups is 1. The van der Waals surface area contributed by atoms with Gasteiger partial charge in [0.15, 0.2) is 0 Å². The maximum atomic E-state index is 4.90. The highest BCUT2D eigenvalue weighted by Crippen LogP contribution is 2.35. The molecule has 276 valence electrons. The molecule has 1 aromatic heterocycles. The predicted molar refractivity (Wildman–Crippen MR) is 248 cm³/mol. The van der Waals surface area contributed by atoms with E-state index in [2.05, 4.69) is 195 Å². The van der Waals surface area contributed by atoms with Crippen LogP contribution in [0.3, 0.4) is 0 Å². The maximum absolute atomic E-state index is 4.90. The van der Waals surface area contributed by atoms with E-state index in [-0.39, 0.29) is 0 Å². The average molecular weight is 744 g/mol.